The van der Waals surface area contributed by atoms with Gasteiger partial charge in [-0.1, -0.05) is 23.2 Å². The van der Waals surface area contributed by atoms with Crippen LogP contribution >= 0.6 is 23.2 Å². The number of aromatic nitrogens is 2. The molecule has 0 radical (unpaired) electrons. The molecule has 1 unspecified atom stereocenters. The lowest BCUT2D eigenvalue weighted by Gasteiger charge is -2.17. The van der Waals surface area contributed by atoms with E-state index in [0.29, 0.717) is 23.9 Å². The Bertz CT molecular complexity index is 802. The molecular weight excluding hydrogens is 361 g/mol. The first kappa shape index (κ1) is 16.4. The molecular formula is C14H13Cl2N3O3S. The van der Waals surface area contributed by atoms with Gasteiger partial charge in [-0.25, -0.2) is 13.4 Å². The fourth-order valence-corrected chi connectivity index (χ4v) is 4.57. The first-order valence-corrected chi connectivity index (χ1v) is 9.04. The number of halogens is 2. The second-order valence-corrected chi connectivity index (χ2v) is 7.76. The largest absolute Gasteiger partial charge is 0.472 e. The van der Waals surface area contributed by atoms with Crippen LogP contribution < -0.4 is 4.74 Å². The van der Waals surface area contributed by atoms with Crippen LogP contribution in [0.5, 0.6) is 5.88 Å². The maximum Gasteiger partial charge on any atom is 0.244 e. The number of nitrogens with zero attached hydrogens (tertiary/aromatic N) is 3. The summed E-state index contributed by atoms with van der Waals surface area (Å²) in [6, 6.07) is 4.38. The van der Waals surface area contributed by atoms with Crippen molar-refractivity contribution in [3.05, 3.63) is 46.8 Å². The number of hydrogen-bond acceptors (Lipinski definition) is 5. The third kappa shape index (κ3) is 3.58. The molecule has 6 nitrogen and oxygen atoms in total. The van der Waals surface area contributed by atoms with Gasteiger partial charge in [0.1, 0.15) is 11.0 Å². The zero-order chi connectivity index (χ0) is 16.4. The summed E-state index contributed by atoms with van der Waals surface area (Å²) in [5, 5.41) is 0.465. The molecule has 0 saturated carbocycles. The fraction of sp³-hybridized carbons (Fsp3) is 0.286. The van der Waals surface area contributed by atoms with E-state index in [-0.39, 0.29) is 22.6 Å². The summed E-state index contributed by atoms with van der Waals surface area (Å²) in [4.78, 5) is 7.94. The molecule has 0 amide bonds. The number of ether oxygens (including phenoxy) is 1. The predicted octanol–water partition coefficient (Wildman–Crippen LogP) is 2.63. The molecule has 0 N–H and O–H groups in total. The minimum atomic E-state index is -3.72. The Hall–Kier alpha value is -1.41. The van der Waals surface area contributed by atoms with Gasteiger partial charge in [0.2, 0.25) is 15.9 Å². The van der Waals surface area contributed by atoms with Gasteiger partial charge in [-0.2, -0.15) is 4.31 Å². The van der Waals surface area contributed by atoms with E-state index >= 15 is 0 Å². The zero-order valence-electron chi connectivity index (χ0n) is 11.9. The van der Waals surface area contributed by atoms with Gasteiger partial charge in [0.25, 0.3) is 0 Å². The highest BCUT2D eigenvalue weighted by molar-refractivity contribution is 7.89. The van der Waals surface area contributed by atoms with Crippen LogP contribution in [0.4, 0.5) is 0 Å². The van der Waals surface area contributed by atoms with Crippen LogP contribution in [0.3, 0.4) is 0 Å². The van der Waals surface area contributed by atoms with Crippen molar-refractivity contribution in [3.63, 3.8) is 0 Å². The van der Waals surface area contributed by atoms with Gasteiger partial charge in [0.05, 0.1) is 17.8 Å². The van der Waals surface area contributed by atoms with E-state index in [2.05, 4.69) is 9.97 Å². The minimum absolute atomic E-state index is 0.00631. The summed E-state index contributed by atoms with van der Waals surface area (Å²) < 4.78 is 32.4. The molecule has 23 heavy (non-hydrogen) atoms. The van der Waals surface area contributed by atoms with Gasteiger partial charge in [0.15, 0.2) is 0 Å². The highest BCUT2D eigenvalue weighted by Gasteiger charge is 2.35. The summed E-state index contributed by atoms with van der Waals surface area (Å²) in [5.74, 6) is 0.373. The first-order chi connectivity index (χ1) is 11.0. The standard InChI is InChI=1S/C14H13Cl2N3O3S/c15-10-1-2-12(16)13(7-10)23(20,21)19-6-3-11(9-19)22-14-8-17-4-5-18-14/h1-2,4-5,7-8,11H,3,6,9H2. The molecule has 1 fully saturated rings. The molecule has 1 aromatic carbocycles. The van der Waals surface area contributed by atoms with Crippen LogP contribution in [0.1, 0.15) is 6.42 Å². The Morgan fingerprint density at radius 1 is 1.26 bits per heavy atom. The Kier molecular flexibility index (Phi) is 4.72. The van der Waals surface area contributed by atoms with Crippen molar-refractivity contribution in [2.45, 2.75) is 17.4 Å². The Labute approximate surface area is 144 Å². The molecule has 0 spiro atoms. The molecule has 0 aliphatic carbocycles. The maximum absolute atomic E-state index is 12.7. The van der Waals surface area contributed by atoms with Crippen LogP contribution in [-0.2, 0) is 10.0 Å². The molecule has 9 heteroatoms. The normalized spacial score (nSPS) is 19.0. The van der Waals surface area contributed by atoms with E-state index in [0.717, 1.165) is 0 Å². The lowest BCUT2D eigenvalue weighted by molar-refractivity contribution is 0.206. The van der Waals surface area contributed by atoms with Gasteiger partial charge in [-0.05, 0) is 24.6 Å². The number of benzene rings is 1. The van der Waals surface area contributed by atoms with Gasteiger partial charge >= 0.3 is 0 Å². The van der Waals surface area contributed by atoms with E-state index < -0.39 is 10.0 Å². The Balaban J connectivity index is 1.76. The van der Waals surface area contributed by atoms with Gasteiger partial charge < -0.3 is 4.74 Å². The van der Waals surface area contributed by atoms with Crippen LogP contribution in [0.15, 0.2) is 41.7 Å². The average molecular weight is 374 g/mol. The van der Waals surface area contributed by atoms with Crippen molar-refractivity contribution in [1.29, 1.82) is 0 Å². The molecule has 1 saturated heterocycles. The number of rotatable bonds is 4. The average Bonchev–Trinajstić information content (AvgIpc) is 3.00. The van der Waals surface area contributed by atoms with E-state index in [4.69, 9.17) is 27.9 Å². The summed E-state index contributed by atoms with van der Waals surface area (Å²) in [6.45, 7) is 0.567. The van der Waals surface area contributed by atoms with E-state index in [1.807, 2.05) is 0 Å². The topological polar surface area (TPSA) is 72.4 Å². The highest BCUT2D eigenvalue weighted by Crippen LogP contribution is 2.30. The van der Waals surface area contributed by atoms with Crippen molar-refractivity contribution in [2.75, 3.05) is 13.1 Å². The first-order valence-electron chi connectivity index (χ1n) is 6.85. The second-order valence-electron chi connectivity index (χ2n) is 5.01. The lowest BCUT2D eigenvalue weighted by atomic mass is 10.3. The van der Waals surface area contributed by atoms with Crippen LogP contribution in [-0.4, -0.2) is 41.9 Å². The van der Waals surface area contributed by atoms with Crippen molar-refractivity contribution < 1.29 is 13.2 Å². The predicted molar refractivity (Wildman–Crippen MR) is 86.3 cm³/mol. The monoisotopic (exact) mass is 373 g/mol. The minimum Gasteiger partial charge on any atom is -0.472 e. The molecule has 0 bridgehead atoms. The van der Waals surface area contributed by atoms with Crippen molar-refractivity contribution >= 4 is 33.2 Å². The fourth-order valence-electron chi connectivity index (χ4n) is 2.34. The number of hydrogen-bond donors (Lipinski definition) is 0. The molecule has 2 aromatic rings. The van der Waals surface area contributed by atoms with E-state index in [9.17, 15) is 8.42 Å². The molecule has 1 aliphatic heterocycles. The molecule has 1 aromatic heterocycles. The van der Waals surface area contributed by atoms with Gasteiger partial charge in [-0.15, -0.1) is 0 Å². The summed E-state index contributed by atoms with van der Waals surface area (Å²) >= 11 is 11.9. The van der Waals surface area contributed by atoms with E-state index in [1.165, 1.54) is 28.8 Å². The van der Waals surface area contributed by atoms with Gasteiger partial charge in [-0.3, -0.25) is 4.98 Å². The van der Waals surface area contributed by atoms with Crippen molar-refractivity contribution in [1.82, 2.24) is 14.3 Å². The summed E-state index contributed by atoms with van der Waals surface area (Å²) in [5.41, 5.74) is 0. The molecule has 1 atom stereocenters. The quantitative estimate of drug-likeness (QED) is 0.823. The summed E-state index contributed by atoms with van der Waals surface area (Å²) in [6.07, 6.45) is 4.84. The number of sulfonamides is 1. The molecule has 2 heterocycles. The second kappa shape index (κ2) is 6.60. The van der Waals surface area contributed by atoms with Crippen molar-refractivity contribution in [3.8, 4) is 5.88 Å². The van der Waals surface area contributed by atoms with Crippen LogP contribution in [0.2, 0.25) is 10.0 Å². The smallest absolute Gasteiger partial charge is 0.244 e. The molecule has 3 rings (SSSR count). The Morgan fingerprint density at radius 2 is 2.09 bits per heavy atom. The third-order valence-electron chi connectivity index (χ3n) is 3.45. The molecule has 1 aliphatic rings. The third-order valence-corrected chi connectivity index (χ3v) is 6.03. The SMILES string of the molecule is O=S(=O)(c1cc(Cl)ccc1Cl)N1CCC(Oc2cnccn2)C1. The van der Waals surface area contributed by atoms with Crippen LogP contribution in [0.25, 0.3) is 0 Å². The maximum atomic E-state index is 12.7. The Morgan fingerprint density at radius 3 is 2.83 bits per heavy atom. The lowest BCUT2D eigenvalue weighted by Crippen LogP contribution is -2.31. The van der Waals surface area contributed by atoms with Crippen molar-refractivity contribution in [2.24, 2.45) is 0 Å². The highest BCUT2D eigenvalue weighted by atomic mass is 35.5. The summed E-state index contributed by atoms with van der Waals surface area (Å²) in [7, 11) is -3.72. The molecule has 122 valence electrons. The van der Waals surface area contributed by atoms with E-state index in [1.54, 1.807) is 12.3 Å². The van der Waals surface area contributed by atoms with Gasteiger partial charge in [0, 0.05) is 24.0 Å². The zero-order valence-corrected chi connectivity index (χ0v) is 14.2. The van der Waals surface area contributed by atoms with Crippen LogP contribution in [0, 0.1) is 0 Å².